The molecule has 1 aromatic carbocycles. The summed E-state index contributed by atoms with van der Waals surface area (Å²) in [5, 5.41) is 3.57. The molecule has 0 radical (unpaired) electrons. The monoisotopic (exact) mass is 271 g/mol. The summed E-state index contributed by atoms with van der Waals surface area (Å²) in [4.78, 5) is 4.10. The van der Waals surface area contributed by atoms with Gasteiger partial charge in [-0.25, -0.2) is 13.8 Å². The van der Waals surface area contributed by atoms with Crippen molar-refractivity contribution in [1.29, 1.82) is 0 Å². The molecular weight excluding hydrogens is 260 g/mol. The highest BCUT2D eigenvalue weighted by atomic mass is 35.5. The number of nitrogens with zero attached hydrogens (tertiary/aromatic N) is 2. The van der Waals surface area contributed by atoms with Gasteiger partial charge >= 0.3 is 0 Å². The van der Waals surface area contributed by atoms with Crippen LogP contribution in [0.2, 0.25) is 5.15 Å². The largest absolute Gasteiger partial charge is 0.321 e. The van der Waals surface area contributed by atoms with Crippen LogP contribution in [-0.4, -0.2) is 9.55 Å². The third kappa shape index (κ3) is 2.86. The van der Waals surface area contributed by atoms with E-state index < -0.39 is 11.6 Å². The quantitative estimate of drug-likeness (QED) is 0.926. The summed E-state index contributed by atoms with van der Waals surface area (Å²) in [7, 11) is 1.80. The van der Waals surface area contributed by atoms with Crippen LogP contribution in [0.1, 0.15) is 11.4 Å². The van der Waals surface area contributed by atoms with Gasteiger partial charge in [0.05, 0.1) is 12.7 Å². The molecule has 0 fully saturated rings. The normalized spacial score (nSPS) is 10.9. The molecule has 3 nitrogen and oxygen atoms in total. The van der Waals surface area contributed by atoms with Crippen LogP contribution in [0, 0.1) is 11.6 Å². The van der Waals surface area contributed by atoms with E-state index >= 15 is 0 Å². The fourth-order valence-corrected chi connectivity index (χ4v) is 1.71. The van der Waals surface area contributed by atoms with Gasteiger partial charge < -0.3 is 9.88 Å². The lowest BCUT2D eigenvalue weighted by molar-refractivity contribution is 0.555. The Morgan fingerprint density at radius 1 is 1.33 bits per heavy atom. The zero-order chi connectivity index (χ0) is 13.1. The summed E-state index contributed by atoms with van der Waals surface area (Å²) >= 11 is 5.84. The van der Waals surface area contributed by atoms with E-state index in [2.05, 4.69) is 10.3 Å². The molecular formula is C12H12ClF2N3. The van der Waals surface area contributed by atoms with Gasteiger partial charge in [0.2, 0.25) is 0 Å². The number of rotatable bonds is 4. The van der Waals surface area contributed by atoms with Crippen molar-refractivity contribution in [3.05, 3.63) is 52.6 Å². The predicted octanol–water partition coefficient (Wildman–Crippen LogP) is 2.64. The summed E-state index contributed by atoms with van der Waals surface area (Å²) in [6.07, 6.45) is 1.55. The van der Waals surface area contributed by atoms with Gasteiger partial charge in [0.25, 0.3) is 0 Å². The van der Waals surface area contributed by atoms with Crippen LogP contribution in [0.15, 0.2) is 24.4 Å². The molecule has 18 heavy (non-hydrogen) atoms. The molecule has 0 spiro atoms. The van der Waals surface area contributed by atoms with Gasteiger partial charge in [-0.1, -0.05) is 17.7 Å². The minimum atomic E-state index is -0.577. The van der Waals surface area contributed by atoms with E-state index in [0.29, 0.717) is 23.8 Å². The van der Waals surface area contributed by atoms with Gasteiger partial charge in [-0.15, -0.1) is 0 Å². The lowest BCUT2D eigenvalue weighted by Crippen LogP contribution is -2.16. The fourth-order valence-electron chi connectivity index (χ4n) is 1.56. The standard InChI is InChI=1S/C12H12ClF2N3/c1-18-11(13)6-17-12(18)7-16-5-8-2-3-9(14)4-10(8)15/h2-4,6,16H,5,7H2,1H3. The van der Waals surface area contributed by atoms with Crippen molar-refractivity contribution in [3.8, 4) is 0 Å². The molecule has 96 valence electrons. The Bertz CT molecular complexity index is 554. The first-order valence-electron chi connectivity index (χ1n) is 5.38. The second-order valence-corrected chi connectivity index (χ2v) is 4.28. The maximum absolute atomic E-state index is 13.3. The van der Waals surface area contributed by atoms with Crippen LogP contribution in [0.25, 0.3) is 0 Å². The predicted molar refractivity (Wildman–Crippen MR) is 65.1 cm³/mol. The molecule has 0 aliphatic carbocycles. The van der Waals surface area contributed by atoms with E-state index in [4.69, 9.17) is 11.6 Å². The third-order valence-corrected chi connectivity index (χ3v) is 2.99. The molecule has 0 aliphatic heterocycles. The molecule has 1 aromatic heterocycles. The SMILES string of the molecule is Cn1c(Cl)cnc1CNCc1ccc(F)cc1F. The van der Waals surface area contributed by atoms with Gasteiger partial charge in [-0.05, 0) is 6.07 Å². The molecule has 0 unspecified atom stereocenters. The molecule has 6 heteroatoms. The molecule has 0 saturated heterocycles. The van der Waals surface area contributed by atoms with Crippen molar-refractivity contribution < 1.29 is 8.78 Å². The van der Waals surface area contributed by atoms with Crippen molar-refractivity contribution in [1.82, 2.24) is 14.9 Å². The first-order valence-corrected chi connectivity index (χ1v) is 5.76. The Kier molecular flexibility index (Phi) is 3.93. The first kappa shape index (κ1) is 13.0. The Labute approximate surface area is 108 Å². The van der Waals surface area contributed by atoms with E-state index in [1.54, 1.807) is 17.8 Å². The number of aromatic nitrogens is 2. The number of halogens is 3. The molecule has 0 saturated carbocycles. The van der Waals surface area contributed by atoms with Crippen LogP contribution >= 0.6 is 11.6 Å². The summed E-state index contributed by atoms with van der Waals surface area (Å²) < 4.78 is 27.8. The minimum absolute atomic E-state index is 0.302. The molecule has 0 bridgehead atoms. The molecule has 0 atom stereocenters. The van der Waals surface area contributed by atoms with Crippen molar-refractivity contribution in [3.63, 3.8) is 0 Å². The van der Waals surface area contributed by atoms with Crippen LogP contribution in [-0.2, 0) is 20.1 Å². The van der Waals surface area contributed by atoms with Crippen LogP contribution in [0.4, 0.5) is 8.78 Å². The van der Waals surface area contributed by atoms with Gasteiger partial charge in [0, 0.05) is 25.2 Å². The maximum atomic E-state index is 13.3. The number of hydrogen-bond acceptors (Lipinski definition) is 2. The topological polar surface area (TPSA) is 29.9 Å². The van der Waals surface area contributed by atoms with E-state index in [-0.39, 0.29) is 0 Å². The second-order valence-electron chi connectivity index (χ2n) is 3.90. The number of imidazole rings is 1. The van der Waals surface area contributed by atoms with Crippen molar-refractivity contribution >= 4 is 11.6 Å². The molecule has 1 N–H and O–H groups in total. The van der Waals surface area contributed by atoms with Crippen molar-refractivity contribution in [2.45, 2.75) is 13.1 Å². The van der Waals surface area contributed by atoms with Crippen LogP contribution in [0.5, 0.6) is 0 Å². The van der Waals surface area contributed by atoms with Gasteiger partial charge in [0.15, 0.2) is 0 Å². The smallest absolute Gasteiger partial charge is 0.130 e. The van der Waals surface area contributed by atoms with Crippen molar-refractivity contribution in [2.24, 2.45) is 7.05 Å². The summed E-state index contributed by atoms with van der Waals surface area (Å²) in [6, 6.07) is 3.52. The Hall–Kier alpha value is -1.46. The Morgan fingerprint density at radius 3 is 2.72 bits per heavy atom. The van der Waals surface area contributed by atoms with Gasteiger partial charge in [-0.3, -0.25) is 0 Å². The summed E-state index contributed by atoms with van der Waals surface area (Å²) in [5.41, 5.74) is 0.414. The second kappa shape index (κ2) is 5.46. The van der Waals surface area contributed by atoms with Crippen molar-refractivity contribution in [2.75, 3.05) is 0 Å². The zero-order valence-electron chi connectivity index (χ0n) is 9.75. The molecule has 2 aromatic rings. The highest BCUT2D eigenvalue weighted by molar-refractivity contribution is 6.29. The fraction of sp³-hybridized carbons (Fsp3) is 0.250. The third-order valence-electron chi connectivity index (χ3n) is 2.64. The highest BCUT2D eigenvalue weighted by Gasteiger charge is 2.06. The van der Waals surface area contributed by atoms with Gasteiger partial charge in [-0.2, -0.15) is 0 Å². The number of nitrogens with one attached hydrogen (secondary N) is 1. The summed E-state index contributed by atoms with van der Waals surface area (Å²) in [6.45, 7) is 0.761. The molecule has 1 heterocycles. The van der Waals surface area contributed by atoms with E-state index in [9.17, 15) is 8.78 Å². The van der Waals surface area contributed by atoms with Crippen LogP contribution < -0.4 is 5.32 Å². The molecule has 0 aliphatic rings. The Morgan fingerprint density at radius 2 is 2.11 bits per heavy atom. The lowest BCUT2D eigenvalue weighted by Gasteiger charge is -2.06. The molecule has 0 amide bonds. The average molecular weight is 272 g/mol. The van der Waals surface area contributed by atoms with E-state index in [1.807, 2.05) is 0 Å². The number of hydrogen-bond donors (Lipinski definition) is 1. The van der Waals surface area contributed by atoms with E-state index in [0.717, 1.165) is 11.9 Å². The van der Waals surface area contributed by atoms with E-state index in [1.165, 1.54) is 12.1 Å². The van der Waals surface area contributed by atoms with Gasteiger partial charge in [0.1, 0.15) is 22.6 Å². The lowest BCUT2D eigenvalue weighted by atomic mass is 10.2. The highest BCUT2D eigenvalue weighted by Crippen LogP contribution is 2.11. The number of benzene rings is 1. The summed E-state index contributed by atoms with van der Waals surface area (Å²) in [5.74, 6) is -0.380. The average Bonchev–Trinajstić information content (AvgIpc) is 2.64. The minimum Gasteiger partial charge on any atom is -0.321 e. The van der Waals surface area contributed by atoms with Crippen LogP contribution in [0.3, 0.4) is 0 Å². The first-order chi connectivity index (χ1) is 8.58. The Balaban J connectivity index is 1.94. The zero-order valence-corrected chi connectivity index (χ0v) is 10.5. The maximum Gasteiger partial charge on any atom is 0.130 e. The molecule has 2 rings (SSSR count).